The quantitative estimate of drug-likeness (QED) is 0.612. The standard InChI is InChI=1S/C20H20FN3O3S/c1-22-19(27)16-13-8-9-15(25)14(10-24(2)3)17(13)28-20(16)23-18(26)11-4-6-12(21)7-5-11/h4-9,25H,10H2,1-3H3,(H,22,27)(H,23,26). The van der Waals surface area contributed by atoms with Crippen LogP contribution in [0.3, 0.4) is 0 Å². The van der Waals surface area contributed by atoms with Gasteiger partial charge >= 0.3 is 0 Å². The Kier molecular flexibility index (Phi) is 5.62. The molecule has 0 saturated heterocycles. The summed E-state index contributed by atoms with van der Waals surface area (Å²) in [5.74, 6) is -1.10. The molecule has 1 heterocycles. The molecule has 3 N–H and O–H groups in total. The van der Waals surface area contributed by atoms with Crippen molar-refractivity contribution >= 4 is 38.2 Å². The minimum absolute atomic E-state index is 0.127. The number of carbonyl (C=O) groups is 2. The Morgan fingerprint density at radius 3 is 2.39 bits per heavy atom. The molecule has 28 heavy (non-hydrogen) atoms. The van der Waals surface area contributed by atoms with E-state index in [1.165, 1.54) is 42.6 Å². The summed E-state index contributed by atoms with van der Waals surface area (Å²) >= 11 is 1.22. The molecular formula is C20H20FN3O3S. The Morgan fingerprint density at radius 2 is 1.79 bits per heavy atom. The zero-order chi connectivity index (χ0) is 20.4. The maximum Gasteiger partial charge on any atom is 0.256 e. The topological polar surface area (TPSA) is 81.7 Å². The summed E-state index contributed by atoms with van der Waals surface area (Å²) in [4.78, 5) is 27.0. The molecule has 0 unspecified atom stereocenters. The number of rotatable bonds is 5. The average Bonchev–Trinajstić information content (AvgIpc) is 3.02. The van der Waals surface area contributed by atoms with Crippen molar-refractivity contribution in [3.05, 3.63) is 58.9 Å². The van der Waals surface area contributed by atoms with Gasteiger partial charge < -0.3 is 20.6 Å². The van der Waals surface area contributed by atoms with E-state index in [9.17, 15) is 19.1 Å². The second-order valence-electron chi connectivity index (χ2n) is 6.52. The van der Waals surface area contributed by atoms with E-state index in [4.69, 9.17) is 0 Å². The van der Waals surface area contributed by atoms with E-state index in [2.05, 4.69) is 10.6 Å². The van der Waals surface area contributed by atoms with Gasteiger partial charge in [0, 0.05) is 34.8 Å². The Bertz CT molecular complexity index is 1050. The van der Waals surface area contributed by atoms with Crippen molar-refractivity contribution in [2.45, 2.75) is 6.54 Å². The highest BCUT2D eigenvalue weighted by Crippen LogP contribution is 2.41. The van der Waals surface area contributed by atoms with Gasteiger partial charge in [0.2, 0.25) is 0 Å². The molecule has 0 bridgehead atoms. The van der Waals surface area contributed by atoms with E-state index in [-0.39, 0.29) is 17.2 Å². The number of aromatic hydroxyl groups is 1. The molecule has 146 valence electrons. The third-order valence-electron chi connectivity index (χ3n) is 4.20. The van der Waals surface area contributed by atoms with Crippen LogP contribution in [0.4, 0.5) is 9.39 Å². The molecule has 1 aromatic heterocycles. The lowest BCUT2D eigenvalue weighted by Gasteiger charge is -2.12. The van der Waals surface area contributed by atoms with E-state index in [1.807, 2.05) is 19.0 Å². The number of thiophene rings is 1. The first-order valence-corrected chi connectivity index (χ1v) is 9.34. The monoisotopic (exact) mass is 401 g/mol. The van der Waals surface area contributed by atoms with Crippen molar-refractivity contribution in [1.82, 2.24) is 10.2 Å². The van der Waals surface area contributed by atoms with E-state index in [0.717, 1.165) is 4.70 Å². The molecule has 3 aromatic rings. The minimum Gasteiger partial charge on any atom is -0.508 e. The molecule has 2 amide bonds. The molecule has 0 saturated carbocycles. The van der Waals surface area contributed by atoms with Crippen LogP contribution in [-0.2, 0) is 6.54 Å². The first-order chi connectivity index (χ1) is 13.3. The molecule has 0 aliphatic heterocycles. The lowest BCUT2D eigenvalue weighted by atomic mass is 10.1. The summed E-state index contributed by atoms with van der Waals surface area (Å²) in [5.41, 5.74) is 1.29. The molecule has 0 atom stereocenters. The van der Waals surface area contributed by atoms with E-state index < -0.39 is 11.7 Å². The lowest BCUT2D eigenvalue weighted by molar-refractivity contribution is 0.0966. The van der Waals surface area contributed by atoms with Crippen molar-refractivity contribution in [2.24, 2.45) is 0 Å². The molecule has 6 nitrogen and oxygen atoms in total. The molecular weight excluding hydrogens is 381 g/mol. The van der Waals surface area contributed by atoms with Crippen LogP contribution in [0.2, 0.25) is 0 Å². The number of hydrogen-bond donors (Lipinski definition) is 3. The lowest BCUT2D eigenvalue weighted by Crippen LogP contribution is -2.20. The number of amides is 2. The molecule has 0 radical (unpaired) electrons. The van der Waals surface area contributed by atoms with E-state index in [0.29, 0.717) is 28.1 Å². The summed E-state index contributed by atoms with van der Waals surface area (Å²) in [5, 5.41) is 16.7. The number of carbonyl (C=O) groups excluding carboxylic acids is 2. The molecule has 0 fully saturated rings. The zero-order valence-electron chi connectivity index (χ0n) is 15.7. The minimum atomic E-state index is -0.449. The van der Waals surface area contributed by atoms with Crippen molar-refractivity contribution in [3.63, 3.8) is 0 Å². The number of anilines is 1. The smallest absolute Gasteiger partial charge is 0.256 e. The molecule has 0 spiro atoms. The van der Waals surface area contributed by atoms with Crippen LogP contribution in [0.15, 0.2) is 36.4 Å². The number of halogens is 1. The van der Waals surface area contributed by atoms with Gasteiger partial charge in [0.05, 0.1) is 5.56 Å². The van der Waals surface area contributed by atoms with Gasteiger partial charge in [0.1, 0.15) is 16.6 Å². The first-order valence-electron chi connectivity index (χ1n) is 8.53. The van der Waals surface area contributed by atoms with Crippen LogP contribution in [0.25, 0.3) is 10.1 Å². The van der Waals surface area contributed by atoms with Crippen LogP contribution >= 0.6 is 11.3 Å². The van der Waals surface area contributed by atoms with Crippen molar-refractivity contribution < 1.29 is 19.1 Å². The van der Waals surface area contributed by atoms with Gasteiger partial charge in [-0.2, -0.15) is 0 Å². The zero-order valence-corrected chi connectivity index (χ0v) is 16.5. The maximum atomic E-state index is 13.1. The maximum absolute atomic E-state index is 13.1. The van der Waals surface area contributed by atoms with Gasteiger partial charge in [0.15, 0.2) is 0 Å². The predicted octanol–water partition coefficient (Wildman–Crippen LogP) is 3.42. The van der Waals surface area contributed by atoms with Gasteiger partial charge in [-0.05, 0) is 50.5 Å². The molecule has 8 heteroatoms. The fraction of sp³-hybridized carbons (Fsp3) is 0.200. The Morgan fingerprint density at radius 1 is 1.11 bits per heavy atom. The average molecular weight is 401 g/mol. The molecule has 2 aromatic carbocycles. The van der Waals surface area contributed by atoms with Crippen molar-refractivity contribution in [3.8, 4) is 5.75 Å². The van der Waals surface area contributed by atoms with E-state index in [1.54, 1.807) is 12.1 Å². The van der Waals surface area contributed by atoms with Gasteiger partial charge in [-0.3, -0.25) is 9.59 Å². The van der Waals surface area contributed by atoms with Gasteiger partial charge in [-0.25, -0.2) is 4.39 Å². The molecule has 0 aliphatic rings. The fourth-order valence-corrected chi connectivity index (χ4v) is 4.12. The highest BCUT2D eigenvalue weighted by atomic mass is 32.1. The van der Waals surface area contributed by atoms with Crippen LogP contribution in [0.1, 0.15) is 26.3 Å². The van der Waals surface area contributed by atoms with Crippen LogP contribution in [0.5, 0.6) is 5.75 Å². The highest BCUT2D eigenvalue weighted by molar-refractivity contribution is 7.23. The molecule has 0 aliphatic carbocycles. The number of hydrogen-bond acceptors (Lipinski definition) is 5. The van der Waals surface area contributed by atoms with Crippen molar-refractivity contribution in [2.75, 3.05) is 26.5 Å². The summed E-state index contributed by atoms with van der Waals surface area (Å²) in [6.45, 7) is 0.474. The number of fused-ring (bicyclic) bond motifs is 1. The van der Waals surface area contributed by atoms with Gasteiger partial charge in [-0.15, -0.1) is 11.3 Å². The highest BCUT2D eigenvalue weighted by Gasteiger charge is 2.23. The van der Waals surface area contributed by atoms with Crippen LogP contribution in [0, 0.1) is 5.82 Å². The van der Waals surface area contributed by atoms with Gasteiger partial charge in [-0.1, -0.05) is 0 Å². The molecule has 3 rings (SSSR count). The Labute approximate surface area is 165 Å². The second-order valence-corrected chi connectivity index (χ2v) is 7.54. The third kappa shape index (κ3) is 3.83. The SMILES string of the molecule is CNC(=O)c1c(NC(=O)c2ccc(F)cc2)sc2c(CN(C)C)c(O)ccc12. The normalized spacial score (nSPS) is 11.0. The number of nitrogens with zero attached hydrogens (tertiary/aromatic N) is 1. The third-order valence-corrected chi connectivity index (χ3v) is 5.38. The number of nitrogens with one attached hydrogen (secondary N) is 2. The number of benzene rings is 2. The Balaban J connectivity index is 2.11. The van der Waals surface area contributed by atoms with Crippen LogP contribution < -0.4 is 10.6 Å². The second kappa shape index (κ2) is 7.95. The number of phenols is 1. The number of phenolic OH excluding ortho intramolecular Hbond substituents is 1. The van der Waals surface area contributed by atoms with Crippen LogP contribution in [-0.4, -0.2) is 43.0 Å². The first kappa shape index (κ1) is 19.8. The summed E-state index contributed by atoms with van der Waals surface area (Å²) in [6.07, 6.45) is 0. The van der Waals surface area contributed by atoms with Crippen molar-refractivity contribution in [1.29, 1.82) is 0 Å². The summed E-state index contributed by atoms with van der Waals surface area (Å²) in [6, 6.07) is 8.37. The Hall–Kier alpha value is -2.97. The van der Waals surface area contributed by atoms with E-state index >= 15 is 0 Å². The summed E-state index contributed by atoms with van der Waals surface area (Å²) in [7, 11) is 5.27. The predicted molar refractivity (Wildman–Crippen MR) is 109 cm³/mol. The van der Waals surface area contributed by atoms with Gasteiger partial charge in [0.25, 0.3) is 11.8 Å². The fourth-order valence-electron chi connectivity index (χ4n) is 2.89. The largest absolute Gasteiger partial charge is 0.508 e. The summed E-state index contributed by atoms with van der Waals surface area (Å²) < 4.78 is 13.8.